The molecule has 1 aliphatic rings. The molecule has 0 aromatic carbocycles. The summed E-state index contributed by atoms with van der Waals surface area (Å²) in [6, 6.07) is 7.50. The van der Waals surface area contributed by atoms with Crippen LogP contribution in [0.25, 0.3) is 0 Å². The zero-order valence-corrected chi connectivity index (χ0v) is 15.4. The minimum Gasteiger partial charge on any atom is -0.470 e. The van der Waals surface area contributed by atoms with Crippen LogP contribution in [-0.4, -0.2) is 46.0 Å². The summed E-state index contributed by atoms with van der Waals surface area (Å²) in [6.07, 6.45) is 3.42. The van der Waals surface area contributed by atoms with Gasteiger partial charge in [-0.05, 0) is 38.8 Å². The van der Waals surface area contributed by atoms with Crippen LogP contribution >= 0.6 is 0 Å². The number of carbonyl (C=O) groups excluding carboxylic acids is 1. The van der Waals surface area contributed by atoms with Crippen molar-refractivity contribution in [3.63, 3.8) is 0 Å². The molecule has 2 atom stereocenters. The van der Waals surface area contributed by atoms with E-state index < -0.39 is 0 Å². The van der Waals surface area contributed by atoms with Crippen LogP contribution in [0.3, 0.4) is 0 Å². The van der Waals surface area contributed by atoms with Gasteiger partial charge in [0.05, 0.1) is 18.3 Å². The predicted octanol–water partition coefficient (Wildman–Crippen LogP) is 2.03. The van der Waals surface area contributed by atoms with Gasteiger partial charge in [-0.1, -0.05) is 6.07 Å². The molecule has 0 unspecified atom stereocenters. The van der Waals surface area contributed by atoms with E-state index in [-0.39, 0.29) is 18.1 Å². The molecule has 2 aromatic heterocycles. The number of ether oxygens (including phenoxy) is 2. The lowest BCUT2D eigenvalue weighted by Gasteiger charge is -2.32. The number of amides is 1. The Morgan fingerprint density at radius 2 is 2.31 bits per heavy atom. The zero-order valence-electron chi connectivity index (χ0n) is 15.4. The smallest absolute Gasteiger partial charge is 0.220 e. The van der Waals surface area contributed by atoms with E-state index in [1.54, 1.807) is 6.20 Å². The first-order chi connectivity index (χ1) is 12.6. The van der Waals surface area contributed by atoms with Crippen molar-refractivity contribution in [1.29, 1.82) is 0 Å². The van der Waals surface area contributed by atoms with Crippen molar-refractivity contribution in [3.8, 4) is 5.88 Å². The summed E-state index contributed by atoms with van der Waals surface area (Å²) in [5, 5.41) is 7.52. The fourth-order valence-electron chi connectivity index (χ4n) is 3.13. The largest absolute Gasteiger partial charge is 0.470 e. The van der Waals surface area contributed by atoms with Crippen LogP contribution in [-0.2, 0) is 16.1 Å². The normalized spacial score (nSPS) is 19.9. The highest BCUT2D eigenvalue weighted by molar-refractivity contribution is 5.76. The minimum atomic E-state index is -0.224. The Morgan fingerprint density at radius 3 is 3.04 bits per heavy atom. The first kappa shape index (κ1) is 18.4. The summed E-state index contributed by atoms with van der Waals surface area (Å²) in [4.78, 5) is 16.5. The van der Waals surface area contributed by atoms with Crippen molar-refractivity contribution in [1.82, 2.24) is 20.1 Å². The minimum absolute atomic E-state index is 0.0352. The first-order valence-corrected chi connectivity index (χ1v) is 9.07. The molecule has 7 heteroatoms. The SMILES string of the molecule is Cc1cc(C)n(CCCC(=O)N[C@@H]2CCOC[C@H]2Oc2ccccn2)n1. The number of hydrogen-bond acceptors (Lipinski definition) is 5. The Kier molecular flexibility index (Phi) is 6.22. The van der Waals surface area contributed by atoms with Gasteiger partial charge in [0.1, 0.15) is 6.10 Å². The standard InChI is InChI=1S/C19H26N4O3/c1-14-12-15(2)23(22-14)10-5-6-18(24)21-16-8-11-25-13-17(16)26-19-7-3-4-9-20-19/h3-4,7,9,12,16-17H,5-6,8,10-11,13H2,1-2H3,(H,21,24)/t16-,17-/m1/s1. The Bertz CT molecular complexity index is 717. The predicted molar refractivity (Wildman–Crippen MR) is 97.0 cm³/mol. The summed E-state index contributed by atoms with van der Waals surface area (Å²) in [6.45, 7) is 5.82. The number of carbonyl (C=O) groups is 1. The van der Waals surface area contributed by atoms with Gasteiger partial charge in [-0.2, -0.15) is 5.10 Å². The van der Waals surface area contributed by atoms with E-state index in [4.69, 9.17) is 9.47 Å². The molecular formula is C19H26N4O3. The molecule has 26 heavy (non-hydrogen) atoms. The van der Waals surface area contributed by atoms with Gasteiger partial charge in [-0.25, -0.2) is 4.98 Å². The van der Waals surface area contributed by atoms with Crippen molar-refractivity contribution in [2.75, 3.05) is 13.2 Å². The fourth-order valence-corrected chi connectivity index (χ4v) is 3.13. The van der Waals surface area contributed by atoms with E-state index in [9.17, 15) is 4.79 Å². The monoisotopic (exact) mass is 358 g/mol. The second kappa shape index (κ2) is 8.80. The summed E-state index contributed by atoms with van der Waals surface area (Å²) in [5.74, 6) is 0.583. The molecule has 0 bridgehead atoms. The van der Waals surface area contributed by atoms with E-state index in [0.717, 1.165) is 30.8 Å². The lowest BCUT2D eigenvalue weighted by atomic mass is 10.1. The number of aromatic nitrogens is 3. The molecule has 1 saturated heterocycles. The highest BCUT2D eigenvalue weighted by Crippen LogP contribution is 2.15. The third-order valence-corrected chi connectivity index (χ3v) is 4.44. The number of aryl methyl sites for hydroxylation is 3. The van der Waals surface area contributed by atoms with Crippen LogP contribution in [0.5, 0.6) is 5.88 Å². The second-order valence-electron chi connectivity index (χ2n) is 6.62. The topological polar surface area (TPSA) is 78.3 Å². The number of pyridine rings is 1. The van der Waals surface area contributed by atoms with Gasteiger partial charge in [0.15, 0.2) is 0 Å². The van der Waals surface area contributed by atoms with Gasteiger partial charge in [-0.15, -0.1) is 0 Å². The van der Waals surface area contributed by atoms with Gasteiger partial charge < -0.3 is 14.8 Å². The van der Waals surface area contributed by atoms with E-state index in [1.165, 1.54) is 0 Å². The van der Waals surface area contributed by atoms with Crippen LogP contribution in [0.2, 0.25) is 0 Å². The number of nitrogens with zero attached hydrogens (tertiary/aromatic N) is 3. The average molecular weight is 358 g/mol. The summed E-state index contributed by atoms with van der Waals surface area (Å²) >= 11 is 0. The second-order valence-corrected chi connectivity index (χ2v) is 6.62. The van der Waals surface area contributed by atoms with Crippen molar-refractivity contribution in [2.24, 2.45) is 0 Å². The molecule has 0 spiro atoms. The lowest BCUT2D eigenvalue weighted by molar-refractivity contribution is -0.124. The highest BCUT2D eigenvalue weighted by Gasteiger charge is 2.29. The van der Waals surface area contributed by atoms with Gasteiger partial charge >= 0.3 is 0 Å². The molecule has 2 aromatic rings. The maximum atomic E-state index is 12.3. The summed E-state index contributed by atoms with van der Waals surface area (Å²) < 4.78 is 13.3. The highest BCUT2D eigenvalue weighted by atomic mass is 16.5. The average Bonchev–Trinajstić information content (AvgIpc) is 2.95. The van der Waals surface area contributed by atoms with E-state index in [2.05, 4.69) is 15.4 Å². The molecule has 1 N–H and O–H groups in total. The Balaban J connectivity index is 1.47. The van der Waals surface area contributed by atoms with Gasteiger partial charge in [0.2, 0.25) is 11.8 Å². The van der Waals surface area contributed by atoms with Gasteiger partial charge in [-0.3, -0.25) is 9.48 Å². The van der Waals surface area contributed by atoms with Crippen molar-refractivity contribution in [2.45, 2.75) is 51.8 Å². The number of rotatable bonds is 7. The van der Waals surface area contributed by atoms with Crippen LogP contribution in [0, 0.1) is 13.8 Å². The Hall–Kier alpha value is -2.41. The van der Waals surface area contributed by atoms with Crippen molar-refractivity contribution >= 4 is 5.91 Å². The Labute approximate surface area is 153 Å². The molecule has 1 amide bonds. The molecule has 1 fully saturated rings. The first-order valence-electron chi connectivity index (χ1n) is 9.07. The third kappa shape index (κ3) is 5.05. The van der Waals surface area contributed by atoms with Crippen LogP contribution in [0.15, 0.2) is 30.5 Å². The molecule has 0 radical (unpaired) electrons. The van der Waals surface area contributed by atoms with Crippen LogP contribution in [0.1, 0.15) is 30.7 Å². The van der Waals surface area contributed by atoms with E-state index in [0.29, 0.717) is 25.5 Å². The molecule has 1 aliphatic heterocycles. The van der Waals surface area contributed by atoms with Crippen molar-refractivity contribution in [3.05, 3.63) is 41.9 Å². The third-order valence-electron chi connectivity index (χ3n) is 4.44. The zero-order chi connectivity index (χ0) is 18.4. The van der Waals surface area contributed by atoms with Crippen LogP contribution < -0.4 is 10.1 Å². The van der Waals surface area contributed by atoms with Gasteiger partial charge in [0.25, 0.3) is 0 Å². The molecular weight excluding hydrogens is 332 g/mol. The number of nitrogens with one attached hydrogen (secondary N) is 1. The quantitative estimate of drug-likeness (QED) is 0.819. The van der Waals surface area contributed by atoms with E-state index >= 15 is 0 Å². The molecule has 140 valence electrons. The number of hydrogen-bond donors (Lipinski definition) is 1. The molecule has 3 heterocycles. The lowest BCUT2D eigenvalue weighted by Crippen LogP contribution is -2.51. The summed E-state index contributed by atoms with van der Waals surface area (Å²) in [7, 11) is 0. The fraction of sp³-hybridized carbons (Fsp3) is 0.526. The van der Waals surface area contributed by atoms with Crippen LogP contribution in [0.4, 0.5) is 0 Å². The molecule has 0 aliphatic carbocycles. The molecule has 3 rings (SSSR count). The maximum absolute atomic E-state index is 12.3. The van der Waals surface area contributed by atoms with Crippen molar-refractivity contribution < 1.29 is 14.3 Å². The van der Waals surface area contributed by atoms with Gasteiger partial charge in [0, 0.05) is 37.5 Å². The van der Waals surface area contributed by atoms with E-state index in [1.807, 2.05) is 42.8 Å². The maximum Gasteiger partial charge on any atom is 0.220 e. The summed E-state index contributed by atoms with van der Waals surface area (Å²) in [5.41, 5.74) is 2.12. The molecule has 7 nitrogen and oxygen atoms in total. The molecule has 0 saturated carbocycles. The Morgan fingerprint density at radius 1 is 1.42 bits per heavy atom.